The van der Waals surface area contributed by atoms with Crippen LogP contribution in [-0.4, -0.2) is 39.5 Å². The first-order valence-corrected chi connectivity index (χ1v) is 8.03. The summed E-state index contributed by atoms with van der Waals surface area (Å²) in [6.07, 6.45) is 3.07. The smallest absolute Gasteiger partial charge is 0.305 e. The maximum Gasteiger partial charge on any atom is 0.305 e. The number of carbonyl (C=O) groups excluding carboxylic acids is 1. The number of amides is 1. The zero-order chi connectivity index (χ0) is 17.0. The summed E-state index contributed by atoms with van der Waals surface area (Å²) in [5.74, 6) is -0.924. The van der Waals surface area contributed by atoms with Crippen LogP contribution < -0.4 is 0 Å². The van der Waals surface area contributed by atoms with E-state index in [4.69, 9.17) is 5.11 Å². The Hall–Kier alpha value is -2.30. The highest BCUT2D eigenvalue weighted by molar-refractivity contribution is 5.90. The van der Waals surface area contributed by atoms with Crippen molar-refractivity contribution < 1.29 is 14.7 Å². The van der Waals surface area contributed by atoms with E-state index in [1.807, 2.05) is 32.2 Å². The second-order valence-corrected chi connectivity index (χ2v) is 6.01. The summed E-state index contributed by atoms with van der Waals surface area (Å²) in [5, 5.41) is 9.91. The van der Waals surface area contributed by atoms with E-state index < -0.39 is 5.97 Å². The normalized spacial score (nSPS) is 11.1. The van der Waals surface area contributed by atoms with Crippen molar-refractivity contribution in [3.63, 3.8) is 0 Å². The topological polar surface area (TPSA) is 73.4 Å². The van der Waals surface area contributed by atoms with Gasteiger partial charge in [-0.3, -0.25) is 9.59 Å². The van der Waals surface area contributed by atoms with Crippen LogP contribution in [0.1, 0.15) is 38.3 Å². The molecule has 2 rings (SSSR count). The van der Waals surface area contributed by atoms with Crippen LogP contribution in [0.4, 0.5) is 0 Å². The molecule has 0 aliphatic heterocycles. The first-order chi connectivity index (χ1) is 10.9. The van der Waals surface area contributed by atoms with Crippen LogP contribution in [0.15, 0.2) is 24.4 Å². The lowest BCUT2D eigenvalue weighted by Gasteiger charge is -2.26. The Bertz CT molecular complexity index is 703. The summed E-state index contributed by atoms with van der Waals surface area (Å²) >= 11 is 0. The molecule has 1 aromatic heterocycles. The Balaban J connectivity index is 2.20. The molecular formula is C18H24N2O3. The van der Waals surface area contributed by atoms with Gasteiger partial charge >= 0.3 is 5.97 Å². The number of H-pyrrole nitrogens is 1. The van der Waals surface area contributed by atoms with Gasteiger partial charge in [0.15, 0.2) is 0 Å². The third-order valence-electron chi connectivity index (χ3n) is 4.12. The molecule has 1 amide bonds. The maximum atomic E-state index is 12.6. The average Bonchev–Trinajstić information content (AvgIpc) is 2.90. The molecule has 0 aliphatic rings. The van der Waals surface area contributed by atoms with Crippen LogP contribution in [0.3, 0.4) is 0 Å². The van der Waals surface area contributed by atoms with E-state index >= 15 is 0 Å². The summed E-state index contributed by atoms with van der Waals surface area (Å²) in [6.45, 7) is 6.16. The molecule has 124 valence electrons. The van der Waals surface area contributed by atoms with E-state index in [0.717, 1.165) is 22.9 Å². The Morgan fingerprint density at radius 1 is 1.26 bits per heavy atom. The van der Waals surface area contributed by atoms with Crippen LogP contribution in [0.25, 0.3) is 10.9 Å². The Morgan fingerprint density at radius 3 is 2.61 bits per heavy atom. The lowest BCUT2D eigenvalue weighted by atomic mass is 10.0. The SMILES string of the molecule is CCc1cccc2c(CC(=O)N(CCC(=O)O)C(C)C)c[nH]c12. The standard InChI is InChI=1S/C18H24N2O3/c1-4-13-6-5-7-15-14(11-19-18(13)15)10-16(21)20(12(2)3)9-8-17(22)23/h5-7,11-12,19H,4,8-10H2,1-3H3,(H,22,23). The van der Waals surface area contributed by atoms with Crippen molar-refractivity contribution in [2.75, 3.05) is 6.54 Å². The number of aromatic amines is 1. The van der Waals surface area contributed by atoms with Crippen molar-refractivity contribution in [1.29, 1.82) is 0 Å². The molecule has 1 heterocycles. The van der Waals surface area contributed by atoms with Gasteiger partial charge in [0.1, 0.15) is 0 Å². The molecule has 5 nitrogen and oxygen atoms in total. The Labute approximate surface area is 136 Å². The number of hydrogen-bond donors (Lipinski definition) is 2. The van der Waals surface area contributed by atoms with Gasteiger partial charge in [-0.1, -0.05) is 25.1 Å². The number of aryl methyl sites for hydroxylation is 1. The number of carboxylic acid groups (broad SMARTS) is 1. The largest absolute Gasteiger partial charge is 0.481 e. The van der Waals surface area contributed by atoms with E-state index in [0.29, 0.717) is 0 Å². The second kappa shape index (κ2) is 7.31. The number of carbonyl (C=O) groups is 2. The predicted molar refractivity (Wildman–Crippen MR) is 90.5 cm³/mol. The minimum atomic E-state index is -0.886. The molecule has 0 aliphatic carbocycles. The van der Waals surface area contributed by atoms with E-state index in [1.54, 1.807) is 4.90 Å². The summed E-state index contributed by atoms with van der Waals surface area (Å²) < 4.78 is 0. The molecule has 0 bridgehead atoms. The van der Waals surface area contributed by atoms with Gasteiger partial charge in [-0.05, 0) is 31.4 Å². The summed E-state index contributed by atoms with van der Waals surface area (Å²) in [6, 6.07) is 6.09. The van der Waals surface area contributed by atoms with Crippen molar-refractivity contribution in [2.24, 2.45) is 0 Å². The van der Waals surface area contributed by atoms with Gasteiger partial charge in [-0.2, -0.15) is 0 Å². The fourth-order valence-corrected chi connectivity index (χ4v) is 2.87. The quantitative estimate of drug-likeness (QED) is 0.824. The van der Waals surface area contributed by atoms with Gasteiger partial charge < -0.3 is 15.0 Å². The fourth-order valence-electron chi connectivity index (χ4n) is 2.87. The molecule has 1 aromatic carbocycles. The van der Waals surface area contributed by atoms with Crippen LogP contribution in [0.5, 0.6) is 0 Å². The van der Waals surface area contributed by atoms with E-state index in [-0.39, 0.29) is 31.3 Å². The molecule has 2 aromatic rings. The lowest BCUT2D eigenvalue weighted by molar-refractivity contribution is -0.139. The van der Waals surface area contributed by atoms with Gasteiger partial charge in [0.05, 0.1) is 12.8 Å². The van der Waals surface area contributed by atoms with E-state index in [2.05, 4.69) is 18.0 Å². The monoisotopic (exact) mass is 316 g/mol. The van der Waals surface area contributed by atoms with Crippen molar-refractivity contribution in [1.82, 2.24) is 9.88 Å². The van der Waals surface area contributed by atoms with E-state index in [9.17, 15) is 9.59 Å². The molecule has 5 heteroatoms. The molecule has 0 unspecified atom stereocenters. The van der Waals surface area contributed by atoms with Gasteiger partial charge in [-0.15, -0.1) is 0 Å². The zero-order valence-corrected chi connectivity index (χ0v) is 13.9. The van der Waals surface area contributed by atoms with E-state index in [1.165, 1.54) is 5.56 Å². The van der Waals surface area contributed by atoms with Crippen LogP contribution in [-0.2, 0) is 22.4 Å². The highest BCUT2D eigenvalue weighted by atomic mass is 16.4. The molecule has 0 fully saturated rings. The first kappa shape index (κ1) is 17.1. The van der Waals surface area contributed by atoms with Crippen molar-refractivity contribution in [2.45, 2.75) is 46.1 Å². The number of benzene rings is 1. The minimum absolute atomic E-state index is 0.0155. The highest BCUT2D eigenvalue weighted by Crippen LogP contribution is 2.23. The predicted octanol–water partition coefficient (Wildman–Crippen LogP) is 2.98. The molecule has 0 atom stereocenters. The average molecular weight is 316 g/mol. The van der Waals surface area contributed by atoms with Crippen molar-refractivity contribution in [3.8, 4) is 0 Å². The molecule has 0 saturated carbocycles. The lowest BCUT2D eigenvalue weighted by Crippen LogP contribution is -2.39. The van der Waals surface area contributed by atoms with Gasteiger partial charge in [-0.25, -0.2) is 0 Å². The number of carboxylic acids is 1. The van der Waals surface area contributed by atoms with Crippen LogP contribution in [0, 0.1) is 0 Å². The number of fused-ring (bicyclic) bond motifs is 1. The Morgan fingerprint density at radius 2 is 2.00 bits per heavy atom. The number of nitrogens with one attached hydrogen (secondary N) is 1. The van der Waals surface area contributed by atoms with Crippen LogP contribution in [0.2, 0.25) is 0 Å². The van der Waals surface area contributed by atoms with Gasteiger partial charge in [0, 0.05) is 29.7 Å². The zero-order valence-electron chi connectivity index (χ0n) is 13.9. The maximum absolute atomic E-state index is 12.6. The molecule has 23 heavy (non-hydrogen) atoms. The fraction of sp³-hybridized carbons (Fsp3) is 0.444. The first-order valence-electron chi connectivity index (χ1n) is 8.03. The number of para-hydroxylation sites is 1. The van der Waals surface area contributed by atoms with Crippen molar-refractivity contribution in [3.05, 3.63) is 35.5 Å². The summed E-state index contributed by atoms with van der Waals surface area (Å²) in [4.78, 5) is 28.3. The number of hydrogen-bond acceptors (Lipinski definition) is 2. The Kier molecular flexibility index (Phi) is 5.42. The third kappa shape index (κ3) is 3.92. The number of nitrogens with zero attached hydrogens (tertiary/aromatic N) is 1. The van der Waals surface area contributed by atoms with Gasteiger partial charge in [0.2, 0.25) is 5.91 Å². The summed E-state index contributed by atoms with van der Waals surface area (Å²) in [5.41, 5.74) is 3.27. The molecule has 2 N–H and O–H groups in total. The second-order valence-electron chi connectivity index (χ2n) is 6.01. The molecule has 0 saturated heterocycles. The number of aliphatic carboxylic acids is 1. The molecular weight excluding hydrogens is 292 g/mol. The van der Waals surface area contributed by atoms with Crippen LogP contribution >= 0.6 is 0 Å². The number of rotatable bonds is 7. The highest BCUT2D eigenvalue weighted by Gasteiger charge is 2.19. The molecule has 0 radical (unpaired) electrons. The number of aromatic nitrogens is 1. The summed E-state index contributed by atoms with van der Waals surface area (Å²) in [7, 11) is 0. The minimum Gasteiger partial charge on any atom is -0.481 e. The van der Waals surface area contributed by atoms with Crippen molar-refractivity contribution >= 4 is 22.8 Å². The third-order valence-corrected chi connectivity index (χ3v) is 4.12. The molecule has 0 spiro atoms. The van der Waals surface area contributed by atoms with Gasteiger partial charge in [0.25, 0.3) is 0 Å².